The van der Waals surface area contributed by atoms with E-state index in [1.165, 1.54) is 7.11 Å². The summed E-state index contributed by atoms with van der Waals surface area (Å²) in [6, 6.07) is -0.990. The third kappa shape index (κ3) is 3.91. The fourth-order valence-corrected chi connectivity index (χ4v) is 1.88. The Kier molecular flexibility index (Phi) is 5.46. The number of hydrogen-bond acceptors (Lipinski definition) is 5. The molecule has 0 saturated carbocycles. The smallest absolute Gasteiger partial charge is 0.325 e. The Bertz CT molecular complexity index is 397. The Morgan fingerprint density at radius 2 is 2.15 bits per heavy atom. The largest absolute Gasteiger partial charge is 0.394 e. The van der Waals surface area contributed by atoms with Crippen LogP contribution in [0.3, 0.4) is 0 Å². The number of nitrogens with zero attached hydrogens (tertiary/aromatic N) is 1. The van der Waals surface area contributed by atoms with Crippen molar-refractivity contribution in [3.8, 4) is 0 Å². The van der Waals surface area contributed by atoms with Crippen LogP contribution in [-0.2, 0) is 14.3 Å². The summed E-state index contributed by atoms with van der Waals surface area (Å²) in [6.07, 6.45) is -0.0184. The summed E-state index contributed by atoms with van der Waals surface area (Å²) in [6.45, 7) is 3.17. The van der Waals surface area contributed by atoms with Gasteiger partial charge in [0.25, 0.3) is 5.91 Å². The molecule has 1 heterocycles. The lowest BCUT2D eigenvalue weighted by atomic mass is 10.1. The minimum Gasteiger partial charge on any atom is -0.394 e. The molecule has 0 aromatic heterocycles. The average molecular weight is 287 g/mol. The molecule has 20 heavy (non-hydrogen) atoms. The number of imide groups is 1. The minimum atomic E-state index is -0.933. The number of ether oxygens (including phenoxy) is 1. The molecule has 1 fully saturated rings. The first-order valence-electron chi connectivity index (χ1n) is 6.35. The zero-order valence-electron chi connectivity index (χ0n) is 11.9. The molecule has 1 rings (SSSR count). The molecule has 8 heteroatoms. The Morgan fingerprint density at radius 3 is 2.60 bits per heavy atom. The highest BCUT2D eigenvalue weighted by Gasteiger charge is 2.43. The van der Waals surface area contributed by atoms with Crippen LogP contribution in [0.5, 0.6) is 0 Å². The third-order valence-corrected chi connectivity index (χ3v) is 2.96. The SMILES string of the molecule is COCC(CO)NC(=O)CCN1C(=O)NC(C)(C)C1=O. The predicted octanol–water partition coefficient (Wildman–Crippen LogP) is -1.17. The van der Waals surface area contributed by atoms with Crippen molar-refractivity contribution in [3.05, 3.63) is 0 Å². The summed E-state index contributed by atoms with van der Waals surface area (Å²) in [5.74, 6) is -0.711. The van der Waals surface area contributed by atoms with Crippen molar-refractivity contribution in [2.24, 2.45) is 0 Å². The van der Waals surface area contributed by atoms with E-state index in [0.29, 0.717) is 0 Å². The molecule has 0 radical (unpaired) electrons. The lowest BCUT2D eigenvalue weighted by molar-refractivity contribution is -0.130. The number of hydrogen-bond donors (Lipinski definition) is 3. The molecule has 0 bridgehead atoms. The summed E-state index contributed by atoms with van der Waals surface area (Å²) in [4.78, 5) is 36.2. The normalized spacial score (nSPS) is 18.9. The van der Waals surface area contributed by atoms with Crippen LogP contribution in [0.1, 0.15) is 20.3 Å². The van der Waals surface area contributed by atoms with Gasteiger partial charge in [0.15, 0.2) is 0 Å². The maximum atomic E-state index is 11.9. The summed E-state index contributed by atoms with van der Waals surface area (Å²) >= 11 is 0. The van der Waals surface area contributed by atoms with Crippen LogP contribution >= 0.6 is 0 Å². The van der Waals surface area contributed by atoms with E-state index in [1.807, 2.05) is 0 Å². The number of aliphatic hydroxyl groups is 1. The molecular weight excluding hydrogens is 266 g/mol. The number of amides is 4. The topological polar surface area (TPSA) is 108 Å². The molecule has 8 nitrogen and oxygen atoms in total. The standard InChI is InChI=1S/C12H21N3O5/c1-12(2)10(18)15(11(19)14-12)5-4-9(17)13-8(6-16)7-20-3/h8,16H,4-7H2,1-3H3,(H,13,17)(H,14,19). The fraction of sp³-hybridized carbons (Fsp3) is 0.750. The molecule has 0 spiro atoms. The van der Waals surface area contributed by atoms with E-state index < -0.39 is 17.6 Å². The van der Waals surface area contributed by atoms with Crippen LogP contribution in [0, 0.1) is 0 Å². The quantitative estimate of drug-likeness (QED) is 0.511. The first kappa shape index (κ1) is 16.4. The first-order valence-corrected chi connectivity index (χ1v) is 6.35. The number of carbonyl (C=O) groups is 3. The zero-order chi connectivity index (χ0) is 15.3. The molecule has 3 N–H and O–H groups in total. The van der Waals surface area contributed by atoms with Crippen LogP contribution < -0.4 is 10.6 Å². The van der Waals surface area contributed by atoms with Crippen LogP contribution in [0.2, 0.25) is 0 Å². The molecular formula is C12H21N3O5. The van der Waals surface area contributed by atoms with E-state index in [9.17, 15) is 14.4 Å². The summed E-state index contributed by atoms with van der Waals surface area (Å²) in [5.41, 5.74) is -0.933. The van der Waals surface area contributed by atoms with Gasteiger partial charge in [-0.2, -0.15) is 0 Å². The van der Waals surface area contributed by atoms with Crippen molar-refractivity contribution in [1.82, 2.24) is 15.5 Å². The predicted molar refractivity (Wildman–Crippen MR) is 69.8 cm³/mol. The van der Waals surface area contributed by atoms with Gasteiger partial charge in [-0.05, 0) is 13.8 Å². The van der Waals surface area contributed by atoms with Gasteiger partial charge in [0.1, 0.15) is 5.54 Å². The molecule has 1 aliphatic heterocycles. The number of nitrogens with one attached hydrogen (secondary N) is 2. The molecule has 1 unspecified atom stereocenters. The maximum Gasteiger partial charge on any atom is 0.325 e. The molecule has 0 aromatic carbocycles. The van der Waals surface area contributed by atoms with Crippen molar-refractivity contribution in [2.75, 3.05) is 26.9 Å². The van der Waals surface area contributed by atoms with Gasteiger partial charge < -0.3 is 20.5 Å². The maximum absolute atomic E-state index is 11.9. The lowest BCUT2D eigenvalue weighted by Gasteiger charge is -2.18. The molecule has 1 aliphatic rings. The Morgan fingerprint density at radius 1 is 1.50 bits per heavy atom. The lowest BCUT2D eigenvalue weighted by Crippen LogP contribution is -2.43. The van der Waals surface area contributed by atoms with Gasteiger partial charge in [-0.25, -0.2) is 4.79 Å². The minimum absolute atomic E-state index is 0.00502. The third-order valence-electron chi connectivity index (χ3n) is 2.96. The van der Waals surface area contributed by atoms with E-state index in [1.54, 1.807) is 13.8 Å². The second-order valence-electron chi connectivity index (χ2n) is 5.16. The second-order valence-corrected chi connectivity index (χ2v) is 5.16. The van der Waals surface area contributed by atoms with Gasteiger partial charge in [-0.15, -0.1) is 0 Å². The number of carbonyl (C=O) groups excluding carboxylic acids is 3. The van der Waals surface area contributed by atoms with Gasteiger partial charge in [0.05, 0.1) is 19.3 Å². The highest BCUT2D eigenvalue weighted by molar-refractivity contribution is 6.06. The summed E-state index contributed by atoms with van der Waals surface area (Å²) in [7, 11) is 1.46. The van der Waals surface area contributed by atoms with Crippen molar-refractivity contribution >= 4 is 17.8 Å². The molecule has 1 atom stereocenters. The first-order chi connectivity index (χ1) is 9.31. The Balaban J connectivity index is 2.45. The van der Waals surface area contributed by atoms with Crippen LogP contribution in [-0.4, -0.2) is 66.3 Å². The number of urea groups is 1. The van der Waals surface area contributed by atoms with Gasteiger partial charge in [0.2, 0.25) is 5.91 Å². The van der Waals surface area contributed by atoms with Gasteiger partial charge in [-0.3, -0.25) is 14.5 Å². The van der Waals surface area contributed by atoms with Crippen molar-refractivity contribution < 1.29 is 24.2 Å². The van der Waals surface area contributed by atoms with Gasteiger partial charge >= 0.3 is 6.03 Å². The van der Waals surface area contributed by atoms with Crippen molar-refractivity contribution in [1.29, 1.82) is 0 Å². The molecule has 114 valence electrons. The van der Waals surface area contributed by atoms with Gasteiger partial charge in [0, 0.05) is 20.1 Å². The Hall–Kier alpha value is -1.67. The second kappa shape index (κ2) is 6.67. The summed E-state index contributed by atoms with van der Waals surface area (Å²) < 4.78 is 4.83. The number of rotatable bonds is 7. The van der Waals surface area contributed by atoms with Crippen LogP contribution in [0.25, 0.3) is 0 Å². The fourth-order valence-electron chi connectivity index (χ4n) is 1.88. The monoisotopic (exact) mass is 287 g/mol. The average Bonchev–Trinajstić information content (AvgIpc) is 2.56. The van der Waals surface area contributed by atoms with Crippen molar-refractivity contribution in [3.63, 3.8) is 0 Å². The molecule has 0 aromatic rings. The van der Waals surface area contributed by atoms with E-state index in [-0.39, 0.29) is 38.0 Å². The summed E-state index contributed by atoms with van der Waals surface area (Å²) in [5, 5.41) is 14.1. The van der Waals surface area contributed by atoms with Gasteiger partial charge in [-0.1, -0.05) is 0 Å². The molecule has 0 aliphatic carbocycles. The number of aliphatic hydroxyl groups excluding tert-OH is 1. The zero-order valence-corrected chi connectivity index (χ0v) is 11.9. The highest BCUT2D eigenvalue weighted by Crippen LogP contribution is 2.16. The van der Waals surface area contributed by atoms with Crippen LogP contribution in [0.15, 0.2) is 0 Å². The van der Waals surface area contributed by atoms with E-state index in [0.717, 1.165) is 4.90 Å². The molecule has 1 saturated heterocycles. The molecule has 4 amide bonds. The van der Waals surface area contributed by atoms with E-state index in [2.05, 4.69) is 10.6 Å². The number of methoxy groups -OCH3 is 1. The van der Waals surface area contributed by atoms with Crippen LogP contribution in [0.4, 0.5) is 4.79 Å². The Labute approximate surface area is 117 Å². The van der Waals surface area contributed by atoms with E-state index >= 15 is 0 Å². The van der Waals surface area contributed by atoms with Crippen molar-refractivity contribution in [2.45, 2.75) is 31.8 Å². The van der Waals surface area contributed by atoms with E-state index in [4.69, 9.17) is 9.84 Å². The highest BCUT2D eigenvalue weighted by atomic mass is 16.5.